The summed E-state index contributed by atoms with van der Waals surface area (Å²) in [6.07, 6.45) is 5.20. The van der Waals surface area contributed by atoms with E-state index in [2.05, 4.69) is 54.5 Å². The Hall–Kier alpha value is -0.740. The van der Waals surface area contributed by atoms with Crippen LogP contribution in [0.25, 0.3) is 0 Å². The maximum Gasteiger partial charge on any atom is 0.128 e. The highest BCUT2D eigenvalue weighted by Gasteiger charge is 2.14. The van der Waals surface area contributed by atoms with Crippen LogP contribution in [0.2, 0.25) is 0 Å². The number of aromatic nitrogens is 1. The van der Waals surface area contributed by atoms with Gasteiger partial charge >= 0.3 is 0 Å². The molecule has 0 amide bonds. The maximum absolute atomic E-state index is 4.50. The van der Waals surface area contributed by atoms with E-state index in [0.717, 1.165) is 18.0 Å². The summed E-state index contributed by atoms with van der Waals surface area (Å²) in [6.45, 7) is 4.40. The summed E-state index contributed by atoms with van der Waals surface area (Å²) in [5.74, 6) is 2.20. The van der Waals surface area contributed by atoms with Crippen molar-refractivity contribution in [1.29, 1.82) is 0 Å². The fourth-order valence-corrected chi connectivity index (χ4v) is 2.79. The van der Waals surface area contributed by atoms with Crippen LogP contribution < -0.4 is 10.2 Å². The molecular formula is C14H25N3S. The SMILES string of the molecule is CCC(CSC)N(C)c1cc(C(C)NC)ccn1. The second kappa shape index (κ2) is 7.64. The molecule has 0 spiro atoms. The first kappa shape index (κ1) is 15.3. The minimum absolute atomic E-state index is 0.362. The minimum Gasteiger partial charge on any atom is -0.356 e. The van der Waals surface area contributed by atoms with Crippen LogP contribution in [0.5, 0.6) is 0 Å². The molecule has 1 N–H and O–H groups in total. The number of nitrogens with one attached hydrogen (secondary N) is 1. The van der Waals surface area contributed by atoms with E-state index in [1.807, 2.05) is 25.0 Å². The molecule has 0 saturated heterocycles. The topological polar surface area (TPSA) is 28.2 Å². The Bertz CT molecular complexity index is 357. The van der Waals surface area contributed by atoms with Crippen LogP contribution in [0.1, 0.15) is 31.9 Å². The fourth-order valence-electron chi connectivity index (χ4n) is 1.95. The number of hydrogen-bond donors (Lipinski definition) is 1. The molecular weight excluding hydrogens is 242 g/mol. The summed E-state index contributed by atoms with van der Waals surface area (Å²) in [6, 6.07) is 5.17. The summed E-state index contributed by atoms with van der Waals surface area (Å²) in [5.41, 5.74) is 1.29. The van der Waals surface area contributed by atoms with Crippen molar-refractivity contribution in [3.05, 3.63) is 23.9 Å². The lowest BCUT2D eigenvalue weighted by atomic mass is 10.1. The Labute approximate surface area is 115 Å². The lowest BCUT2D eigenvalue weighted by Gasteiger charge is -2.28. The molecule has 0 bridgehead atoms. The molecule has 2 unspecified atom stereocenters. The van der Waals surface area contributed by atoms with E-state index in [1.165, 1.54) is 5.56 Å². The van der Waals surface area contributed by atoms with Gasteiger partial charge in [0, 0.05) is 31.1 Å². The number of thioether (sulfide) groups is 1. The molecule has 0 aromatic carbocycles. The monoisotopic (exact) mass is 267 g/mol. The zero-order chi connectivity index (χ0) is 13.5. The van der Waals surface area contributed by atoms with Gasteiger partial charge in [0.05, 0.1) is 0 Å². The van der Waals surface area contributed by atoms with Crippen molar-refractivity contribution in [2.75, 3.05) is 31.0 Å². The van der Waals surface area contributed by atoms with Crippen LogP contribution in [-0.4, -0.2) is 37.1 Å². The van der Waals surface area contributed by atoms with Gasteiger partial charge in [-0.3, -0.25) is 0 Å². The van der Waals surface area contributed by atoms with Gasteiger partial charge in [0.2, 0.25) is 0 Å². The second-order valence-corrected chi connectivity index (χ2v) is 5.50. The number of anilines is 1. The number of hydrogen-bond acceptors (Lipinski definition) is 4. The molecule has 3 nitrogen and oxygen atoms in total. The third-order valence-corrected chi connectivity index (χ3v) is 4.16. The predicted molar refractivity (Wildman–Crippen MR) is 82.6 cm³/mol. The van der Waals surface area contributed by atoms with Crippen LogP contribution in [0.15, 0.2) is 18.3 Å². The first-order valence-electron chi connectivity index (χ1n) is 6.49. The average molecular weight is 267 g/mol. The lowest BCUT2D eigenvalue weighted by molar-refractivity contribution is 0.644. The number of pyridine rings is 1. The van der Waals surface area contributed by atoms with Gasteiger partial charge in [-0.05, 0) is 44.3 Å². The molecule has 0 aliphatic heterocycles. The number of rotatable bonds is 7. The Balaban J connectivity index is 2.87. The van der Waals surface area contributed by atoms with Gasteiger partial charge in [-0.25, -0.2) is 4.98 Å². The summed E-state index contributed by atoms with van der Waals surface area (Å²) < 4.78 is 0. The smallest absolute Gasteiger partial charge is 0.128 e. The molecule has 0 radical (unpaired) electrons. The van der Waals surface area contributed by atoms with E-state index in [0.29, 0.717) is 12.1 Å². The summed E-state index contributed by atoms with van der Waals surface area (Å²) in [4.78, 5) is 6.79. The van der Waals surface area contributed by atoms with Gasteiger partial charge in [-0.15, -0.1) is 0 Å². The molecule has 1 aromatic heterocycles. The van der Waals surface area contributed by atoms with Gasteiger partial charge in [0.15, 0.2) is 0 Å². The third-order valence-electron chi connectivity index (χ3n) is 3.44. The first-order valence-corrected chi connectivity index (χ1v) is 7.88. The molecule has 102 valence electrons. The van der Waals surface area contributed by atoms with Crippen molar-refractivity contribution in [2.24, 2.45) is 0 Å². The van der Waals surface area contributed by atoms with Gasteiger partial charge in [0.1, 0.15) is 5.82 Å². The number of nitrogens with zero attached hydrogens (tertiary/aromatic N) is 2. The van der Waals surface area contributed by atoms with E-state index in [1.54, 1.807) is 0 Å². The standard InChI is InChI=1S/C14H25N3S/c1-6-13(10-18-5)17(4)14-9-12(7-8-16-14)11(2)15-3/h7-9,11,13,15H,6,10H2,1-5H3. The molecule has 18 heavy (non-hydrogen) atoms. The van der Waals surface area contributed by atoms with Crippen LogP contribution in [-0.2, 0) is 0 Å². The fraction of sp³-hybridized carbons (Fsp3) is 0.643. The van der Waals surface area contributed by atoms with Crippen LogP contribution in [0.3, 0.4) is 0 Å². The quantitative estimate of drug-likeness (QED) is 0.822. The Morgan fingerprint density at radius 2 is 2.22 bits per heavy atom. The van der Waals surface area contributed by atoms with Crippen molar-refractivity contribution in [3.8, 4) is 0 Å². The van der Waals surface area contributed by atoms with Crippen LogP contribution >= 0.6 is 11.8 Å². The van der Waals surface area contributed by atoms with E-state index in [-0.39, 0.29) is 0 Å². The summed E-state index contributed by atoms with van der Waals surface area (Å²) in [7, 11) is 4.12. The van der Waals surface area contributed by atoms with Crippen molar-refractivity contribution >= 4 is 17.6 Å². The average Bonchev–Trinajstić information content (AvgIpc) is 2.43. The molecule has 1 aromatic rings. The Morgan fingerprint density at radius 1 is 1.50 bits per heavy atom. The van der Waals surface area contributed by atoms with Gasteiger partial charge in [-0.2, -0.15) is 11.8 Å². The highest BCUT2D eigenvalue weighted by atomic mass is 32.2. The Morgan fingerprint density at radius 3 is 2.78 bits per heavy atom. The Kier molecular flexibility index (Phi) is 6.50. The lowest BCUT2D eigenvalue weighted by Crippen LogP contribution is -2.33. The molecule has 4 heteroatoms. The van der Waals surface area contributed by atoms with Gasteiger partial charge < -0.3 is 10.2 Å². The third kappa shape index (κ3) is 3.89. The molecule has 0 fully saturated rings. The zero-order valence-corrected chi connectivity index (χ0v) is 12.9. The van der Waals surface area contributed by atoms with Gasteiger partial charge in [-0.1, -0.05) is 6.92 Å². The molecule has 0 saturated carbocycles. The van der Waals surface area contributed by atoms with Crippen LogP contribution in [0, 0.1) is 0 Å². The zero-order valence-electron chi connectivity index (χ0n) is 12.1. The highest BCUT2D eigenvalue weighted by Crippen LogP contribution is 2.20. The summed E-state index contributed by atoms with van der Waals surface area (Å²) >= 11 is 1.89. The maximum atomic E-state index is 4.50. The van der Waals surface area contributed by atoms with E-state index in [9.17, 15) is 0 Å². The predicted octanol–water partition coefficient (Wildman–Crippen LogP) is 2.94. The molecule has 0 aliphatic rings. The van der Waals surface area contributed by atoms with Crippen molar-refractivity contribution in [1.82, 2.24) is 10.3 Å². The largest absolute Gasteiger partial charge is 0.356 e. The normalized spacial score (nSPS) is 14.3. The van der Waals surface area contributed by atoms with E-state index >= 15 is 0 Å². The highest BCUT2D eigenvalue weighted by molar-refractivity contribution is 7.98. The van der Waals surface area contributed by atoms with Gasteiger partial charge in [0.25, 0.3) is 0 Å². The van der Waals surface area contributed by atoms with Crippen molar-refractivity contribution < 1.29 is 0 Å². The van der Waals surface area contributed by atoms with E-state index in [4.69, 9.17) is 0 Å². The molecule has 0 aliphatic carbocycles. The van der Waals surface area contributed by atoms with Crippen molar-refractivity contribution in [2.45, 2.75) is 32.4 Å². The molecule has 1 rings (SSSR count). The molecule has 1 heterocycles. The molecule has 2 atom stereocenters. The van der Waals surface area contributed by atoms with Crippen LogP contribution in [0.4, 0.5) is 5.82 Å². The minimum atomic E-state index is 0.362. The second-order valence-electron chi connectivity index (χ2n) is 4.59. The van der Waals surface area contributed by atoms with Crippen molar-refractivity contribution in [3.63, 3.8) is 0 Å². The summed E-state index contributed by atoms with van der Waals surface area (Å²) in [5, 5.41) is 3.27. The van der Waals surface area contributed by atoms with E-state index < -0.39 is 0 Å². The first-order chi connectivity index (χ1) is 8.63.